The molecular weight excluding hydrogens is 202 g/mol. The summed E-state index contributed by atoms with van der Waals surface area (Å²) in [5, 5.41) is 10.3. The quantitative estimate of drug-likeness (QED) is 0.647. The zero-order valence-electron chi connectivity index (χ0n) is 12.0. The summed E-state index contributed by atoms with van der Waals surface area (Å²) in [6.07, 6.45) is 1.84. The van der Waals surface area contributed by atoms with E-state index in [1.54, 1.807) is 0 Å². The van der Waals surface area contributed by atoms with E-state index >= 15 is 0 Å². The zero-order chi connectivity index (χ0) is 12.9. The third-order valence-electron chi connectivity index (χ3n) is 3.23. The van der Waals surface area contributed by atoms with Gasteiger partial charge in [0.25, 0.3) is 0 Å². The summed E-state index contributed by atoms with van der Waals surface area (Å²) >= 11 is 0. The summed E-state index contributed by atoms with van der Waals surface area (Å²) in [6, 6.07) is 0.403. The summed E-state index contributed by atoms with van der Waals surface area (Å²) in [5.74, 6) is 0. The van der Waals surface area contributed by atoms with Gasteiger partial charge >= 0.3 is 0 Å². The Morgan fingerprint density at radius 3 is 1.88 bits per heavy atom. The van der Waals surface area contributed by atoms with Crippen molar-refractivity contribution in [2.75, 3.05) is 48.8 Å². The maximum Gasteiger partial charge on any atom is 0.116 e. The fourth-order valence-corrected chi connectivity index (χ4v) is 1.58. The van der Waals surface area contributed by atoms with Crippen molar-refractivity contribution in [2.24, 2.45) is 0 Å². The van der Waals surface area contributed by atoms with Crippen molar-refractivity contribution in [1.82, 2.24) is 14.7 Å². The van der Waals surface area contributed by atoms with Crippen LogP contribution in [0.4, 0.5) is 0 Å². The van der Waals surface area contributed by atoms with Gasteiger partial charge in [0.05, 0.1) is 0 Å². The van der Waals surface area contributed by atoms with E-state index in [0.29, 0.717) is 6.04 Å². The van der Waals surface area contributed by atoms with Crippen molar-refractivity contribution >= 4 is 0 Å². The lowest BCUT2D eigenvalue weighted by atomic mass is 10.0. The van der Waals surface area contributed by atoms with Gasteiger partial charge in [-0.1, -0.05) is 0 Å². The molecule has 2 unspecified atom stereocenters. The molecule has 0 aliphatic heterocycles. The molecule has 0 spiro atoms. The third-order valence-corrected chi connectivity index (χ3v) is 3.23. The van der Waals surface area contributed by atoms with Gasteiger partial charge in [0.1, 0.15) is 5.72 Å². The van der Waals surface area contributed by atoms with Crippen LogP contribution >= 0.6 is 0 Å². The smallest absolute Gasteiger partial charge is 0.116 e. The van der Waals surface area contributed by atoms with E-state index in [0.717, 1.165) is 19.4 Å². The predicted octanol–water partition coefficient (Wildman–Crippen LogP) is 0.529. The minimum Gasteiger partial charge on any atom is -0.376 e. The Balaban J connectivity index is 4.33. The molecule has 0 aliphatic carbocycles. The SMILES string of the molecule is CN(C)CCC(CC(C)(O)N(C)C)N(C)C. The Hall–Kier alpha value is -0.160. The maximum absolute atomic E-state index is 10.3. The topological polar surface area (TPSA) is 30.0 Å². The van der Waals surface area contributed by atoms with Gasteiger partial charge in [-0.15, -0.1) is 0 Å². The molecule has 4 heteroatoms. The van der Waals surface area contributed by atoms with Crippen molar-refractivity contribution in [3.63, 3.8) is 0 Å². The van der Waals surface area contributed by atoms with Crippen LogP contribution in [0, 0.1) is 0 Å². The molecule has 0 saturated carbocycles. The molecule has 98 valence electrons. The van der Waals surface area contributed by atoms with E-state index in [9.17, 15) is 5.11 Å². The van der Waals surface area contributed by atoms with Crippen LogP contribution in [0.25, 0.3) is 0 Å². The predicted molar refractivity (Wildman–Crippen MR) is 69.6 cm³/mol. The minimum absolute atomic E-state index is 0.403. The Labute approximate surface area is 101 Å². The zero-order valence-corrected chi connectivity index (χ0v) is 12.0. The lowest BCUT2D eigenvalue weighted by molar-refractivity contribution is -0.0862. The maximum atomic E-state index is 10.3. The first-order valence-corrected chi connectivity index (χ1v) is 5.87. The molecule has 0 aromatic carbocycles. The Morgan fingerprint density at radius 1 is 1.06 bits per heavy atom. The monoisotopic (exact) mass is 231 g/mol. The van der Waals surface area contributed by atoms with Gasteiger partial charge in [-0.25, -0.2) is 0 Å². The molecular formula is C12H29N3O. The van der Waals surface area contributed by atoms with Crippen LogP contribution in [-0.4, -0.2) is 80.4 Å². The average molecular weight is 231 g/mol. The second-order valence-corrected chi connectivity index (χ2v) is 5.52. The van der Waals surface area contributed by atoms with Gasteiger partial charge in [0.2, 0.25) is 0 Å². The summed E-state index contributed by atoms with van der Waals surface area (Å²) in [6.45, 7) is 2.92. The summed E-state index contributed by atoms with van der Waals surface area (Å²) in [7, 11) is 12.1. The highest BCUT2D eigenvalue weighted by molar-refractivity contribution is 4.79. The summed E-state index contributed by atoms with van der Waals surface area (Å²) in [5.41, 5.74) is -0.735. The van der Waals surface area contributed by atoms with Crippen molar-refractivity contribution in [3.8, 4) is 0 Å². The van der Waals surface area contributed by atoms with E-state index < -0.39 is 5.72 Å². The molecule has 0 rings (SSSR count). The van der Waals surface area contributed by atoms with Gasteiger partial charge in [-0.2, -0.15) is 0 Å². The first-order valence-electron chi connectivity index (χ1n) is 5.87. The van der Waals surface area contributed by atoms with E-state index in [-0.39, 0.29) is 0 Å². The lowest BCUT2D eigenvalue weighted by Gasteiger charge is -2.37. The molecule has 4 nitrogen and oxygen atoms in total. The molecule has 0 aromatic heterocycles. The van der Waals surface area contributed by atoms with Crippen molar-refractivity contribution in [1.29, 1.82) is 0 Å². The number of nitrogens with zero attached hydrogens (tertiary/aromatic N) is 3. The van der Waals surface area contributed by atoms with E-state index in [2.05, 4.69) is 38.0 Å². The number of aliphatic hydroxyl groups is 1. The fourth-order valence-electron chi connectivity index (χ4n) is 1.58. The molecule has 0 aliphatic rings. The van der Waals surface area contributed by atoms with E-state index in [1.807, 2.05) is 25.9 Å². The molecule has 16 heavy (non-hydrogen) atoms. The van der Waals surface area contributed by atoms with Gasteiger partial charge in [-0.3, -0.25) is 4.90 Å². The standard InChI is InChI=1S/C12H29N3O/c1-12(16,15(6)7)10-11(14(4)5)8-9-13(2)3/h11,16H,8-10H2,1-7H3. The minimum atomic E-state index is -0.735. The Kier molecular flexibility index (Phi) is 6.48. The highest BCUT2D eigenvalue weighted by Gasteiger charge is 2.28. The van der Waals surface area contributed by atoms with Crippen LogP contribution in [0.15, 0.2) is 0 Å². The molecule has 0 saturated heterocycles. The van der Waals surface area contributed by atoms with Gasteiger partial charge in [0.15, 0.2) is 0 Å². The fraction of sp³-hybridized carbons (Fsp3) is 1.00. The van der Waals surface area contributed by atoms with Gasteiger partial charge in [-0.05, 0) is 62.2 Å². The number of hydrogen-bond acceptors (Lipinski definition) is 4. The average Bonchev–Trinajstić information content (AvgIpc) is 2.11. The lowest BCUT2D eigenvalue weighted by Crippen LogP contribution is -2.47. The van der Waals surface area contributed by atoms with Crippen LogP contribution in [0.1, 0.15) is 19.8 Å². The first-order chi connectivity index (χ1) is 7.16. The van der Waals surface area contributed by atoms with Crippen molar-refractivity contribution < 1.29 is 5.11 Å². The molecule has 0 radical (unpaired) electrons. The largest absolute Gasteiger partial charge is 0.376 e. The van der Waals surface area contributed by atoms with Crippen molar-refractivity contribution in [3.05, 3.63) is 0 Å². The molecule has 0 bridgehead atoms. The van der Waals surface area contributed by atoms with Crippen LogP contribution < -0.4 is 0 Å². The molecule has 0 fully saturated rings. The molecule has 0 heterocycles. The van der Waals surface area contributed by atoms with Crippen molar-refractivity contribution in [2.45, 2.75) is 31.5 Å². The van der Waals surface area contributed by atoms with Crippen LogP contribution in [-0.2, 0) is 0 Å². The van der Waals surface area contributed by atoms with Crippen LogP contribution in [0.2, 0.25) is 0 Å². The molecule has 1 N–H and O–H groups in total. The molecule has 0 aromatic rings. The highest BCUT2D eigenvalue weighted by Crippen LogP contribution is 2.19. The van der Waals surface area contributed by atoms with Crippen LogP contribution in [0.5, 0.6) is 0 Å². The first kappa shape index (κ1) is 15.8. The molecule has 2 atom stereocenters. The number of hydrogen-bond donors (Lipinski definition) is 1. The summed E-state index contributed by atoms with van der Waals surface area (Å²) in [4.78, 5) is 6.25. The van der Waals surface area contributed by atoms with Crippen LogP contribution in [0.3, 0.4) is 0 Å². The van der Waals surface area contributed by atoms with Gasteiger partial charge < -0.3 is 14.9 Å². The van der Waals surface area contributed by atoms with E-state index in [4.69, 9.17) is 0 Å². The van der Waals surface area contributed by atoms with E-state index in [1.165, 1.54) is 0 Å². The normalized spacial score (nSPS) is 18.2. The highest BCUT2D eigenvalue weighted by atomic mass is 16.3. The Bertz CT molecular complexity index is 191. The Morgan fingerprint density at radius 2 is 1.56 bits per heavy atom. The third kappa shape index (κ3) is 5.80. The summed E-state index contributed by atoms with van der Waals surface area (Å²) < 4.78 is 0. The second-order valence-electron chi connectivity index (χ2n) is 5.52. The number of rotatable bonds is 7. The second kappa shape index (κ2) is 6.55. The van der Waals surface area contributed by atoms with Gasteiger partial charge in [0, 0.05) is 12.5 Å². The molecule has 0 amide bonds.